The fraction of sp³-hybridized carbons (Fsp3) is 0.286. The molecule has 0 aliphatic carbocycles. The first kappa shape index (κ1) is 20.0. The van der Waals surface area contributed by atoms with E-state index in [4.69, 9.17) is 9.84 Å². The summed E-state index contributed by atoms with van der Waals surface area (Å²) in [6.07, 6.45) is 1.68. The first-order valence-electron chi connectivity index (χ1n) is 9.06. The van der Waals surface area contributed by atoms with Gasteiger partial charge < -0.3 is 15.2 Å². The summed E-state index contributed by atoms with van der Waals surface area (Å²) >= 11 is 0. The molecule has 1 heterocycles. The van der Waals surface area contributed by atoms with Crippen LogP contribution in [0.1, 0.15) is 29.8 Å². The Morgan fingerprint density at radius 3 is 2.75 bits per heavy atom. The Labute approximate surface area is 162 Å². The minimum absolute atomic E-state index is 0.0451. The van der Waals surface area contributed by atoms with Gasteiger partial charge in [0.25, 0.3) is 0 Å². The van der Waals surface area contributed by atoms with Crippen LogP contribution in [0.15, 0.2) is 48.7 Å². The van der Waals surface area contributed by atoms with Gasteiger partial charge in [0.05, 0.1) is 12.8 Å². The molecule has 148 valence electrons. The van der Waals surface area contributed by atoms with Gasteiger partial charge in [-0.05, 0) is 32.0 Å². The molecule has 2 aromatic carbocycles. The summed E-state index contributed by atoms with van der Waals surface area (Å²) in [4.78, 5) is 0. The molecule has 0 amide bonds. The molecule has 5 nitrogen and oxygen atoms in total. The first-order chi connectivity index (χ1) is 13.5. The van der Waals surface area contributed by atoms with Gasteiger partial charge in [0.15, 0.2) is 5.82 Å². The van der Waals surface area contributed by atoms with Crippen LogP contribution in [0.4, 0.5) is 8.78 Å². The Kier molecular flexibility index (Phi) is 6.38. The topological polar surface area (TPSA) is 59.3 Å². The van der Waals surface area contributed by atoms with E-state index in [1.807, 2.05) is 38.1 Å². The second-order valence-corrected chi connectivity index (χ2v) is 6.48. The minimum atomic E-state index is -0.659. The second kappa shape index (κ2) is 8.95. The van der Waals surface area contributed by atoms with Gasteiger partial charge in [0, 0.05) is 35.5 Å². The van der Waals surface area contributed by atoms with Gasteiger partial charge in [0.2, 0.25) is 0 Å². The number of para-hydroxylation sites is 1. The third-order valence-electron chi connectivity index (χ3n) is 4.57. The zero-order valence-corrected chi connectivity index (χ0v) is 15.8. The third kappa shape index (κ3) is 4.37. The molecule has 0 saturated heterocycles. The van der Waals surface area contributed by atoms with Crippen molar-refractivity contribution in [3.05, 3.63) is 77.1 Å². The van der Waals surface area contributed by atoms with Crippen LogP contribution in [0.3, 0.4) is 0 Å². The van der Waals surface area contributed by atoms with Crippen LogP contribution in [-0.4, -0.2) is 28.1 Å². The number of hydrogen-bond donors (Lipinski definition) is 2. The maximum atomic E-state index is 14.1. The smallest absolute Gasteiger partial charge is 0.151 e. The van der Waals surface area contributed by atoms with Crippen molar-refractivity contribution in [1.29, 1.82) is 0 Å². The summed E-state index contributed by atoms with van der Waals surface area (Å²) in [6.45, 7) is 4.59. The number of rotatable bonds is 8. The average Bonchev–Trinajstić information content (AvgIpc) is 3.06. The summed E-state index contributed by atoms with van der Waals surface area (Å²) in [5.41, 5.74) is 2.87. The molecule has 3 rings (SSSR count). The number of hydrogen-bond acceptors (Lipinski definition) is 4. The maximum absolute atomic E-state index is 14.1. The predicted molar refractivity (Wildman–Crippen MR) is 102 cm³/mol. The number of nitrogens with zero attached hydrogens (tertiary/aromatic N) is 2. The Morgan fingerprint density at radius 1 is 1.21 bits per heavy atom. The minimum Gasteiger partial charge on any atom is -0.491 e. The van der Waals surface area contributed by atoms with Crippen LogP contribution in [-0.2, 0) is 6.54 Å². The van der Waals surface area contributed by atoms with Crippen LogP contribution in [0.2, 0.25) is 0 Å². The van der Waals surface area contributed by atoms with Crippen molar-refractivity contribution in [3.63, 3.8) is 0 Å². The number of halogens is 2. The van der Waals surface area contributed by atoms with E-state index < -0.39 is 11.6 Å². The van der Waals surface area contributed by atoms with Crippen molar-refractivity contribution in [3.8, 4) is 11.4 Å². The summed E-state index contributed by atoms with van der Waals surface area (Å²) in [7, 11) is 0. The lowest BCUT2D eigenvalue weighted by atomic mass is 10.1. The van der Waals surface area contributed by atoms with E-state index in [9.17, 15) is 8.78 Å². The Hall–Kier alpha value is -2.77. The Morgan fingerprint density at radius 2 is 2.00 bits per heavy atom. The quantitative estimate of drug-likeness (QED) is 0.619. The molecule has 0 unspecified atom stereocenters. The molecular weight excluding hydrogens is 364 g/mol. The first-order valence-corrected chi connectivity index (χ1v) is 9.06. The highest BCUT2D eigenvalue weighted by molar-refractivity contribution is 5.37. The summed E-state index contributed by atoms with van der Waals surface area (Å²) < 4.78 is 34.3. The van der Waals surface area contributed by atoms with Gasteiger partial charge in [-0.1, -0.05) is 18.2 Å². The number of aliphatic hydroxyl groups excluding tert-OH is 1. The van der Waals surface area contributed by atoms with Crippen molar-refractivity contribution in [1.82, 2.24) is 15.1 Å². The van der Waals surface area contributed by atoms with Gasteiger partial charge in [-0.15, -0.1) is 0 Å². The number of ether oxygens (including phenoxy) is 1. The molecule has 1 atom stereocenters. The molecule has 0 aliphatic heterocycles. The standard InChI is InChI=1S/C21H23F2N3O2/c1-14(24-12-16-5-3-4-6-21(16)28-10-9-27)18-13-25-26(15(18)2)20-8-7-17(22)11-19(20)23/h3-8,11,13-14,24,27H,9-10,12H2,1-2H3/t14-/m1/s1. The molecule has 3 aromatic rings. The highest BCUT2D eigenvalue weighted by Gasteiger charge is 2.17. The van der Waals surface area contributed by atoms with E-state index in [2.05, 4.69) is 10.4 Å². The van der Waals surface area contributed by atoms with Crippen LogP contribution in [0, 0.1) is 18.6 Å². The lowest BCUT2D eigenvalue weighted by Gasteiger charge is -2.16. The molecule has 0 fully saturated rings. The van der Waals surface area contributed by atoms with Crippen LogP contribution in [0.25, 0.3) is 5.69 Å². The normalized spacial score (nSPS) is 12.2. The number of benzene rings is 2. The van der Waals surface area contributed by atoms with Gasteiger partial charge in [-0.2, -0.15) is 5.10 Å². The van der Waals surface area contributed by atoms with E-state index in [-0.39, 0.29) is 24.9 Å². The predicted octanol–water partition coefficient (Wildman–Crippen LogP) is 3.68. The fourth-order valence-electron chi connectivity index (χ4n) is 3.06. The summed E-state index contributed by atoms with van der Waals surface area (Å²) in [5.74, 6) is -0.561. The highest BCUT2D eigenvalue weighted by atomic mass is 19.1. The van der Waals surface area contributed by atoms with E-state index in [0.717, 1.165) is 28.6 Å². The van der Waals surface area contributed by atoms with Gasteiger partial charge in [-0.3, -0.25) is 0 Å². The maximum Gasteiger partial charge on any atom is 0.151 e. The number of aromatic nitrogens is 2. The van der Waals surface area contributed by atoms with E-state index in [1.54, 1.807) is 6.20 Å². The lowest BCUT2D eigenvalue weighted by molar-refractivity contribution is 0.200. The number of aliphatic hydroxyl groups is 1. The van der Waals surface area contributed by atoms with Crippen molar-refractivity contribution in [2.45, 2.75) is 26.4 Å². The van der Waals surface area contributed by atoms with Gasteiger partial charge >= 0.3 is 0 Å². The average molecular weight is 387 g/mol. The fourth-order valence-corrected chi connectivity index (χ4v) is 3.06. The van der Waals surface area contributed by atoms with Crippen molar-refractivity contribution in [2.75, 3.05) is 13.2 Å². The van der Waals surface area contributed by atoms with Gasteiger partial charge in [-0.25, -0.2) is 13.5 Å². The van der Waals surface area contributed by atoms with Crippen LogP contribution < -0.4 is 10.1 Å². The van der Waals surface area contributed by atoms with Crippen molar-refractivity contribution in [2.24, 2.45) is 0 Å². The second-order valence-electron chi connectivity index (χ2n) is 6.48. The van der Waals surface area contributed by atoms with E-state index in [0.29, 0.717) is 6.54 Å². The lowest BCUT2D eigenvalue weighted by Crippen LogP contribution is -2.19. The SMILES string of the molecule is Cc1c([C@@H](C)NCc2ccccc2OCCO)cnn1-c1ccc(F)cc1F. The van der Waals surface area contributed by atoms with Crippen LogP contribution >= 0.6 is 0 Å². The molecule has 0 saturated carbocycles. The summed E-state index contributed by atoms with van der Waals surface area (Å²) in [6, 6.07) is 11.0. The molecule has 0 aliphatic rings. The largest absolute Gasteiger partial charge is 0.491 e. The van der Waals surface area contributed by atoms with Crippen molar-refractivity contribution >= 4 is 0 Å². The molecular formula is C21H23F2N3O2. The highest BCUT2D eigenvalue weighted by Crippen LogP contribution is 2.24. The molecule has 28 heavy (non-hydrogen) atoms. The summed E-state index contributed by atoms with van der Waals surface area (Å²) in [5, 5.41) is 16.6. The Balaban J connectivity index is 1.74. The number of nitrogens with one attached hydrogen (secondary N) is 1. The molecule has 1 aromatic heterocycles. The van der Waals surface area contributed by atoms with E-state index in [1.165, 1.54) is 16.8 Å². The molecule has 2 N–H and O–H groups in total. The molecule has 0 spiro atoms. The van der Waals surface area contributed by atoms with Crippen LogP contribution in [0.5, 0.6) is 5.75 Å². The molecule has 7 heteroatoms. The zero-order chi connectivity index (χ0) is 20.1. The third-order valence-corrected chi connectivity index (χ3v) is 4.57. The van der Waals surface area contributed by atoms with E-state index >= 15 is 0 Å². The molecule has 0 radical (unpaired) electrons. The Bertz CT molecular complexity index is 943. The monoisotopic (exact) mass is 387 g/mol. The molecule has 0 bridgehead atoms. The van der Waals surface area contributed by atoms with Gasteiger partial charge in [0.1, 0.15) is 23.9 Å². The van der Waals surface area contributed by atoms with Crippen molar-refractivity contribution < 1.29 is 18.6 Å². The zero-order valence-electron chi connectivity index (χ0n) is 15.8.